The van der Waals surface area contributed by atoms with Gasteiger partial charge in [0.05, 0.1) is 13.2 Å². The van der Waals surface area contributed by atoms with E-state index < -0.39 is 6.10 Å². The Balaban J connectivity index is 1.88. The normalized spacial score (nSPS) is 25.2. The number of hydrogen-bond donors (Lipinski definition) is 1. The molecule has 1 spiro atoms. The largest absolute Gasteiger partial charge is 0.497 e. The molecule has 1 heterocycles. The molecule has 0 saturated heterocycles. The predicted molar refractivity (Wildman–Crippen MR) is 78.2 cm³/mol. The maximum Gasteiger partial charge on any atom is 0.129 e. The lowest BCUT2D eigenvalue weighted by Gasteiger charge is -2.42. The molecule has 110 valence electrons. The molecule has 3 nitrogen and oxygen atoms in total. The minimum absolute atomic E-state index is 0.167. The van der Waals surface area contributed by atoms with Crippen molar-refractivity contribution in [2.75, 3.05) is 7.11 Å². The molecule has 2 aliphatic rings. The summed E-state index contributed by atoms with van der Waals surface area (Å²) in [5.41, 5.74) is 0.734. The van der Waals surface area contributed by atoms with Crippen molar-refractivity contribution in [3.63, 3.8) is 0 Å². The molecule has 1 aliphatic heterocycles. The highest BCUT2D eigenvalue weighted by molar-refractivity contribution is 5.44. The van der Waals surface area contributed by atoms with E-state index >= 15 is 0 Å². The SMILES string of the molecule is COc1ccc2c(c1)OC1(CCCCCCC1)CC2O. The van der Waals surface area contributed by atoms with Crippen LogP contribution in [0.1, 0.15) is 63.0 Å². The van der Waals surface area contributed by atoms with Crippen molar-refractivity contribution in [2.45, 2.75) is 63.1 Å². The standard InChI is InChI=1S/C17H24O3/c1-19-13-7-8-14-15(18)12-17(20-16(14)11-13)9-5-3-2-4-6-10-17/h7-8,11,15,18H,2-6,9-10,12H2,1H3. The summed E-state index contributed by atoms with van der Waals surface area (Å²) in [7, 11) is 1.66. The van der Waals surface area contributed by atoms with Gasteiger partial charge in [0.2, 0.25) is 0 Å². The van der Waals surface area contributed by atoms with Gasteiger partial charge in [0.15, 0.2) is 0 Å². The van der Waals surface area contributed by atoms with Gasteiger partial charge in [0, 0.05) is 18.1 Å². The zero-order valence-corrected chi connectivity index (χ0v) is 12.2. The van der Waals surface area contributed by atoms with Crippen LogP contribution in [0, 0.1) is 0 Å². The zero-order chi connectivity index (χ0) is 14.0. The van der Waals surface area contributed by atoms with Gasteiger partial charge in [-0.05, 0) is 37.8 Å². The predicted octanol–water partition coefficient (Wildman–Crippen LogP) is 3.99. The molecule has 0 radical (unpaired) electrons. The molecule has 1 N–H and O–H groups in total. The summed E-state index contributed by atoms with van der Waals surface area (Å²) in [4.78, 5) is 0. The van der Waals surface area contributed by atoms with Gasteiger partial charge in [0.1, 0.15) is 17.1 Å². The Morgan fingerprint density at radius 3 is 2.55 bits per heavy atom. The van der Waals surface area contributed by atoms with Gasteiger partial charge in [-0.2, -0.15) is 0 Å². The van der Waals surface area contributed by atoms with Crippen LogP contribution in [0.25, 0.3) is 0 Å². The molecule has 1 aliphatic carbocycles. The van der Waals surface area contributed by atoms with E-state index in [4.69, 9.17) is 9.47 Å². The first kappa shape index (κ1) is 13.7. The first-order chi connectivity index (χ1) is 9.72. The highest BCUT2D eigenvalue weighted by atomic mass is 16.5. The Hall–Kier alpha value is -1.22. The summed E-state index contributed by atoms with van der Waals surface area (Å²) in [6, 6.07) is 5.73. The van der Waals surface area contributed by atoms with Crippen LogP contribution >= 0.6 is 0 Å². The number of methoxy groups -OCH3 is 1. The summed E-state index contributed by atoms with van der Waals surface area (Å²) < 4.78 is 11.6. The van der Waals surface area contributed by atoms with Crippen LogP contribution in [0.15, 0.2) is 18.2 Å². The van der Waals surface area contributed by atoms with E-state index in [-0.39, 0.29) is 5.60 Å². The average molecular weight is 276 g/mol. The van der Waals surface area contributed by atoms with E-state index in [1.807, 2.05) is 18.2 Å². The second-order valence-corrected chi connectivity index (χ2v) is 6.18. The molecule has 20 heavy (non-hydrogen) atoms. The first-order valence-electron chi connectivity index (χ1n) is 7.77. The van der Waals surface area contributed by atoms with Gasteiger partial charge in [-0.15, -0.1) is 0 Å². The van der Waals surface area contributed by atoms with Crippen molar-refractivity contribution >= 4 is 0 Å². The molecule has 1 fully saturated rings. The topological polar surface area (TPSA) is 38.7 Å². The molecule has 0 amide bonds. The number of benzene rings is 1. The van der Waals surface area contributed by atoms with E-state index in [1.54, 1.807) is 7.11 Å². The molecule has 1 atom stereocenters. The second kappa shape index (κ2) is 5.65. The molecule has 1 aromatic rings. The second-order valence-electron chi connectivity index (χ2n) is 6.18. The fraction of sp³-hybridized carbons (Fsp3) is 0.647. The number of hydrogen-bond acceptors (Lipinski definition) is 3. The lowest BCUT2D eigenvalue weighted by molar-refractivity contribution is -0.0314. The molecule has 1 unspecified atom stereocenters. The minimum Gasteiger partial charge on any atom is -0.497 e. The molecule has 3 heteroatoms. The first-order valence-corrected chi connectivity index (χ1v) is 7.77. The number of ether oxygens (including phenoxy) is 2. The lowest BCUT2D eigenvalue weighted by atomic mass is 9.79. The Morgan fingerprint density at radius 2 is 1.85 bits per heavy atom. The third-order valence-electron chi connectivity index (χ3n) is 4.74. The summed E-state index contributed by atoms with van der Waals surface area (Å²) in [6.45, 7) is 0. The van der Waals surface area contributed by atoms with Crippen LogP contribution in [0.5, 0.6) is 11.5 Å². The van der Waals surface area contributed by atoms with E-state index in [2.05, 4.69) is 0 Å². The van der Waals surface area contributed by atoms with Gasteiger partial charge in [-0.1, -0.05) is 19.3 Å². The van der Waals surface area contributed by atoms with Crippen molar-refractivity contribution in [3.8, 4) is 11.5 Å². The van der Waals surface area contributed by atoms with Crippen molar-refractivity contribution in [2.24, 2.45) is 0 Å². The minimum atomic E-state index is -0.413. The Bertz CT molecular complexity index is 461. The summed E-state index contributed by atoms with van der Waals surface area (Å²) in [6.07, 6.45) is 8.73. The van der Waals surface area contributed by atoms with Crippen molar-refractivity contribution in [1.29, 1.82) is 0 Å². The van der Waals surface area contributed by atoms with Gasteiger partial charge in [0.25, 0.3) is 0 Å². The molecule has 0 bridgehead atoms. The average Bonchev–Trinajstić information content (AvgIpc) is 2.43. The van der Waals surface area contributed by atoms with Gasteiger partial charge < -0.3 is 14.6 Å². The van der Waals surface area contributed by atoms with Gasteiger partial charge >= 0.3 is 0 Å². The third kappa shape index (κ3) is 2.64. The summed E-state index contributed by atoms with van der Waals surface area (Å²) in [5, 5.41) is 10.5. The van der Waals surface area contributed by atoms with Crippen LogP contribution in [0.2, 0.25) is 0 Å². The van der Waals surface area contributed by atoms with Gasteiger partial charge in [-0.3, -0.25) is 0 Å². The Kier molecular flexibility index (Phi) is 3.88. The highest BCUT2D eigenvalue weighted by Crippen LogP contribution is 2.46. The highest BCUT2D eigenvalue weighted by Gasteiger charge is 2.40. The van der Waals surface area contributed by atoms with E-state index in [1.165, 1.54) is 32.1 Å². The van der Waals surface area contributed by atoms with Crippen molar-refractivity contribution < 1.29 is 14.6 Å². The number of aliphatic hydroxyl groups excluding tert-OH is 1. The van der Waals surface area contributed by atoms with E-state index in [0.29, 0.717) is 0 Å². The maximum atomic E-state index is 10.5. The van der Waals surface area contributed by atoms with Crippen molar-refractivity contribution in [1.82, 2.24) is 0 Å². The zero-order valence-electron chi connectivity index (χ0n) is 12.2. The molecular formula is C17H24O3. The molecule has 1 saturated carbocycles. The summed E-state index contributed by atoms with van der Waals surface area (Å²) in [5.74, 6) is 1.60. The maximum absolute atomic E-state index is 10.5. The molecule has 1 aromatic carbocycles. The van der Waals surface area contributed by atoms with E-state index in [9.17, 15) is 5.11 Å². The van der Waals surface area contributed by atoms with Crippen LogP contribution in [0.3, 0.4) is 0 Å². The lowest BCUT2D eigenvalue weighted by Crippen LogP contribution is -2.41. The fourth-order valence-electron chi connectivity index (χ4n) is 3.60. The molecule has 0 aromatic heterocycles. The Morgan fingerprint density at radius 1 is 1.15 bits per heavy atom. The quantitative estimate of drug-likeness (QED) is 0.842. The molecular weight excluding hydrogens is 252 g/mol. The number of rotatable bonds is 1. The monoisotopic (exact) mass is 276 g/mol. The van der Waals surface area contributed by atoms with Crippen LogP contribution in [-0.2, 0) is 0 Å². The van der Waals surface area contributed by atoms with Crippen LogP contribution in [0.4, 0.5) is 0 Å². The number of fused-ring (bicyclic) bond motifs is 1. The third-order valence-corrected chi connectivity index (χ3v) is 4.74. The number of aliphatic hydroxyl groups is 1. The Labute approximate surface area is 120 Å². The van der Waals surface area contributed by atoms with Crippen LogP contribution in [-0.4, -0.2) is 17.8 Å². The molecule has 3 rings (SSSR count). The van der Waals surface area contributed by atoms with Crippen molar-refractivity contribution in [3.05, 3.63) is 23.8 Å². The van der Waals surface area contributed by atoms with Crippen LogP contribution < -0.4 is 9.47 Å². The summed E-state index contributed by atoms with van der Waals surface area (Å²) >= 11 is 0. The smallest absolute Gasteiger partial charge is 0.129 e. The fourth-order valence-corrected chi connectivity index (χ4v) is 3.60. The van der Waals surface area contributed by atoms with Gasteiger partial charge in [-0.25, -0.2) is 0 Å². The van der Waals surface area contributed by atoms with E-state index in [0.717, 1.165) is 36.3 Å².